The van der Waals surface area contributed by atoms with Crippen molar-refractivity contribution in [2.24, 2.45) is 0 Å². The van der Waals surface area contributed by atoms with Crippen LogP contribution in [0.25, 0.3) is 0 Å². The van der Waals surface area contributed by atoms with Gasteiger partial charge in [0.2, 0.25) is 0 Å². The average Bonchev–Trinajstić information content (AvgIpc) is 2.96. The molecule has 22 heavy (non-hydrogen) atoms. The van der Waals surface area contributed by atoms with Crippen molar-refractivity contribution < 1.29 is 18.8 Å². The molecule has 6 nitrogen and oxygen atoms in total. The zero-order valence-corrected chi connectivity index (χ0v) is 13.0. The summed E-state index contributed by atoms with van der Waals surface area (Å²) in [4.78, 5) is 15.7. The summed E-state index contributed by atoms with van der Waals surface area (Å²) < 4.78 is 15.5. The van der Waals surface area contributed by atoms with Crippen molar-refractivity contribution in [3.05, 3.63) is 41.5 Å². The van der Waals surface area contributed by atoms with Gasteiger partial charge in [-0.1, -0.05) is 36.7 Å². The van der Waals surface area contributed by atoms with Gasteiger partial charge in [-0.15, -0.1) is 0 Å². The van der Waals surface area contributed by atoms with Crippen LogP contribution in [0.2, 0.25) is 0 Å². The van der Waals surface area contributed by atoms with Gasteiger partial charge in [0.15, 0.2) is 12.4 Å². The number of hydrogen-bond donors (Lipinski definition) is 0. The molecular weight excluding hydrogens is 284 g/mol. The van der Waals surface area contributed by atoms with Crippen LogP contribution in [-0.2, 0) is 16.1 Å². The zero-order chi connectivity index (χ0) is 15.9. The maximum atomic E-state index is 11.6. The van der Waals surface area contributed by atoms with E-state index < -0.39 is 0 Å². The lowest BCUT2D eigenvalue weighted by Gasteiger charge is -2.06. The first kappa shape index (κ1) is 16.0. The Kier molecular flexibility index (Phi) is 5.52. The summed E-state index contributed by atoms with van der Waals surface area (Å²) in [6, 6.07) is 7.64. The SMILES string of the molecule is Cc1ccc(OCCC(=O)OCc2nc(C(C)C)no2)cc1. The summed E-state index contributed by atoms with van der Waals surface area (Å²) in [5.74, 6) is 1.45. The molecule has 0 saturated carbocycles. The summed E-state index contributed by atoms with van der Waals surface area (Å²) in [7, 11) is 0. The maximum absolute atomic E-state index is 11.6. The van der Waals surface area contributed by atoms with E-state index in [0.717, 1.165) is 11.3 Å². The molecule has 0 radical (unpaired) electrons. The van der Waals surface area contributed by atoms with Crippen molar-refractivity contribution >= 4 is 5.97 Å². The van der Waals surface area contributed by atoms with E-state index in [1.54, 1.807) is 0 Å². The molecule has 0 spiro atoms. The highest BCUT2D eigenvalue weighted by atomic mass is 16.6. The van der Waals surface area contributed by atoms with Crippen LogP contribution in [-0.4, -0.2) is 22.7 Å². The molecular formula is C16H20N2O4. The van der Waals surface area contributed by atoms with Crippen molar-refractivity contribution in [3.8, 4) is 5.75 Å². The minimum absolute atomic E-state index is 0.0108. The summed E-state index contributed by atoms with van der Waals surface area (Å²) in [5, 5.41) is 3.80. The molecule has 0 aliphatic carbocycles. The van der Waals surface area contributed by atoms with E-state index in [9.17, 15) is 4.79 Å². The number of carbonyl (C=O) groups excluding carboxylic acids is 1. The van der Waals surface area contributed by atoms with E-state index >= 15 is 0 Å². The van der Waals surface area contributed by atoms with Gasteiger partial charge in [0.05, 0.1) is 13.0 Å². The van der Waals surface area contributed by atoms with Crippen molar-refractivity contribution in [3.63, 3.8) is 0 Å². The molecule has 0 unspecified atom stereocenters. The van der Waals surface area contributed by atoms with Crippen LogP contribution in [0.15, 0.2) is 28.8 Å². The fourth-order valence-corrected chi connectivity index (χ4v) is 1.66. The Morgan fingerprint density at radius 2 is 2.00 bits per heavy atom. The third kappa shape index (κ3) is 4.87. The van der Waals surface area contributed by atoms with Crippen molar-refractivity contribution in [2.45, 2.75) is 39.7 Å². The molecule has 0 bridgehead atoms. The summed E-state index contributed by atoms with van der Waals surface area (Å²) in [5.41, 5.74) is 1.16. The van der Waals surface area contributed by atoms with E-state index in [1.165, 1.54) is 0 Å². The summed E-state index contributed by atoms with van der Waals surface area (Å²) >= 11 is 0. The molecule has 0 N–H and O–H groups in total. The molecule has 2 rings (SSSR count). The Balaban J connectivity index is 1.68. The second kappa shape index (κ2) is 7.59. The normalized spacial score (nSPS) is 10.7. The number of esters is 1. The number of rotatable bonds is 7. The van der Waals surface area contributed by atoms with Gasteiger partial charge in [0, 0.05) is 5.92 Å². The quantitative estimate of drug-likeness (QED) is 0.732. The number of carbonyl (C=O) groups is 1. The Labute approximate surface area is 129 Å². The predicted octanol–water partition coefficient (Wildman–Crippen LogP) is 3.01. The fourth-order valence-electron chi connectivity index (χ4n) is 1.66. The van der Waals surface area contributed by atoms with E-state index in [2.05, 4.69) is 10.1 Å². The third-order valence-corrected chi connectivity index (χ3v) is 2.95. The van der Waals surface area contributed by atoms with Gasteiger partial charge in [-0.25, -0.2) is 0 Å². The Morgan fingerprint density at radius 3 is 2.64 bits per heavy atom. The molecule has 118 valence electrons. The van der Waals surface area contributed by atoms with Crippen LogP contribution in [0.4, 0.5) is 0 Å². The molecule has 1 heterocycles. The van der Waals surface area contributed by atoms with E-state index in [0.29, 0.717) is 11.7 Å². The number of aryl methyl sites for hydroxylation is 1. The first-order valence-corrected chi connectivity index (χ1v) is 7.22. The second-order valence-electron chi connectivity index (χ2n) is 5.27. The monoisotopic (exact) mass is 304 g/mol. The van der Waals surface area contributed by atoms with Crippen molar-refractivity contribution in [1.82, 2.24) is 10.1 Å². The largest absolute Gasteiger partial charge is 0.493 e. The van der Waals surface area contributed by atoms with Crippen LogP contribution in [0.5, 0.6) is 5.75 Å². The molecule has 1 aromatic heterocycles. The first-order valence-electron chi connectivity index (χ1n) is 7.22. The molecule has 0 aliphatic rings. The molecule has 0 amide bonds. The number of aromatic nitrogens is 2. The number of nitrogens with zero attached hydrogens (tertiary/aromatic N) is 2. The number of ether oxygens (including phenoxy) is 2. The molecule has 6 heteroatoms. The van der Waals surface area contributed by atoms with Gasteiger partial charge in [0.1, 0.15) is 5.75 Å². The smallest absolute Gasteiger partial charge is 0.309 e. The van der Waals surface area contributed by atoms with Crippen LogP contribution < -0.4 is 4.74 Å². The zero-order valence-electron chi connectivity index (χ0n) is 13.0. The Hall–Kier alpha value is -2.37. The lowest BCUT2D eigenvalue weighted by molar-refractivity contribution is -0.146. The van der Waals surface area contributed by atoms with Gasteiger partial charge in [-0.3, -0.25) is 4.79 Å². The first-order chi connectivity index (χ1) is 10.5. The molecule has 0 atom stereocenters. The number of benzene rings is 1. The van der Waals surface area contributed by atoms with Gasteiger partial charge < -0.3 is 14.0 Å². The standard InChI is InChI=1S/C16H20N2O4/c1-11(2)16-17-14(22-18-16)10-21-15(19)8-9-20-13-6-4-12(3)5-7-13/h4-7,11H,8-10H2,1-3H3. The van der Waals surface area contributed by atoms with Crippen molar-refractivity contribution in [2.75, 3.05) is 6.61 Å². The predicted molar refractivity (Wildman–Crippen MR) is 79.5 cm³/mol. The van der Waals surface area contributed by atoms with E-state index in [1.807, 2.05) is 45.0 Å². The fraction of sp³-hybridized carbons (Fsp3) is 0.438. The highest BCUT2D eigenvalue weighted by Crippen LogP contribution is 2.12. The van der Waals surface area contributed by atoms with Gasteiger partial charge in [-0.05, 0) is 19.1 Å². The molecule has 0 fully saturated rings. The van der Waals surface area contributed by atoms with E-state index in [-0.39, 0.29) is 31.5 Å². The summed E-state index contributed by atoms with van der Waals surface area (Å²) in [6.07, 6.45) is 0.166. The minimum Gasteiger partial charge on any atom is -0.493 e. The van der Waals surface area contributed by atoms with E-state index in [4.69, 9.17) is 14.0 Å². The lowest BCUT2D eigenvalue weighted by Crippen LogP contribution is -2.10. The van der Waals surface area contributed by atoms with Gasteiger partial charge >= 0.3 is 5.97 Å². The molecule has 1 aromatic carbocycles. The van der Waals surface area contributed by atoms with Crippen molar-refractivity contribution in [1.29, 1.82) is 0 Å². The topological polar surface area (TPSA) is 74.5 Å². The van der Waals surface area contributed by atoms with Gasteiger partial charge in [0.25, 0.3) is 5.89 Å². The van der Waals surface area contributed by atoms with Crippen LogP contribution in [0.1, 0.15) is 43.5 Å². The second-order valence-corrected chi connectivity index (χ2v) is 5.27. The van der Waals surface area contributed by atoms with Crippen LogP contribution >= 0.6 is 0 Å². The minimum atomic E-state index is -0.364. The maximum Gasteiger partial charge on any atom is 0.309 e. The van der Waals surface area contributed by atoms with Crippen LogP contribution in [0.3, 0.4) is 0 Å². The highest BCUT2D eigenvalue weighted by molar-refractivity contribution is 5.69. The van der Waals surface area contributed by atoms with Gasteiger partial charge in [-0.2, -0.15) is 4.98 Å². The molecule has 2 aromatic rings. The summed E-state index contributed by atoms with van der Waals surface area (Å²) in [6.45, 7) is 6.18. The highest BCUT2D eigenvalue weighted by Gasteiger charge is 2.11. The average molecular weight is 304 g/mol. The molecule has 0 aliphatic heterocycles. The Bertz CT molecular complexity index is 605. The molecule has 0 saturated heterocycles. The van der Waals surface area contributed by atoms with Crippen LogP contribution in [0, 0.1) is 6.92 Å². The number of hydrogen-bond acceptors (Lipinski definition) is 6. The Morgan fingerprint density at radius 1 is 1.27 bits per heavy atom. The third-order valence-electron chi connectivity index (χ3n) is 2.95. The lowest BCUT2D eigenvalue weighted by atomic mass is 10.2.